The van der Waals surface area contributed by atoms with Gasteiger partial charge in [-0.15, -0.1) is 0 Å². The lowest BCUT2D eigenvalue weighted by molar-refractivity contribution is 0.0539. The monoisotopic (exact) mass is 477 g/mol. The van der Waals surface area contributed by atoms with Crippen molar-refractivity contribution in [3.05, 3.63) is 71.6 Å². The number of carbonyl (C=O) groups excluding carboxylic acids is 1. The van der Waals surface area contributed by atoms with Crippen molar-refractivity contribution >= 4 is 23.0 Å². The molecule has 0 saturated carbocycles. The third-order valence-corrected chi connectivity index (χ3v) is 6.48. The van der Waals surface area contributed by atoms with Gasteiger partial charge in [0.1, 0.15) is 5.52 Å². The highest BCUT2D eigenvalue weighted by atomic mass is 19.2. The molecule has 0 spiro atoms. The fourth-order valence-electron chi connectivity index (χ4n) is 4.61. The SMILES string of the molecule is Cc1ccc2nc(NCC3C(C)CCCN3C(=O)c3cc(F)c(F)cc3-c3ncccn3)oc2c1. The Hall–Kier alpha value is -3.88. The fraction of sp³-hybridized carbons (Fsp3) is 0.308. The summed E-state index contributed by atoms with van der Waals surface area (Å²) in [5.74, 6) is -2.20. The van der Waals surface area contributed by atoms with Crippen LogP contribution in [0.15, 0.2) is 53.2 Å². The van der Waals surface area contributed by atoms with Crippen molar-refractivity contribution in [2.24, 2.45) is 5.92 Å². The third-order valence-electron chi connectivity index (χ3n) is 6.48. The zero-order chi connectivity index (χ0) is 24.5. The molecular weight excluding hydrogens is 452 g/mol. The number of rotatable bonds is 5. The zero-order valence-corrected chi connectivity index (χ0v) is 19.5. The van der Waals surface area contributed by atoms with Crippen molar-refractivity contribution in [3.8, 4) is 11.4 Å². The number of halogens is 2. The van der Waals surface area contributed by atoms with Gasteiger partial charge in [0.2, 0.25) is 0 Å². The molecule has 2 aromatic heterocycles. The Morgan fingerprint density at radius 3 is 2.74 bits per heavy atom. The summed E-state index contributed by atoms with van der Waals surface area (Å²) in [5.41, 5.74) is 2.70. The van der Waals surface area contributed by atoms with Crippen LogP contribution in [0.25, 0.3) is 22.5 Å². The molecule has 4 aromatic rings. The van der Waals surface area contributed by atoms with Gasteiger partial charge in [-0.3, -0.25) is 4.79 Å². The second-order valence-corrected chi connectivity index (χ2v) is 8.94. The summed E-state index contributed by atoms with van der Waals surface area (Å²) in [4.78, 5) is 28.2. The summed E-state index contributed by atoms with van der Waals surface area (Å²) in [6.07, 6.45) is 4.74. The summed E-state index contributed by atoms with van der Waals surface area (Å²) in [6, 6.07) is 9.50. The number of aromatic nitrogens is 3. The van der Waals surface area contributed by atoms with Gasteiger partial charge >= 0.3 is 0 Å². The Kier molecular flexibility index (Phi) is 6.15. The molecule has 9 heteroatoms. The van der Waals surface area contributed by atoms with Gasteiger partial charge in [0.15, 0.2) is 23.0 Å². The first-order valence-corrected chi connectivity index (χ1v) is 11.6. The fourth-order valence-corrected chi connectivity index (χ4v) is 4.61. The quantitative estimate of drug-likeness (QED) is 0.424. The Morgan fingerprint density at radius 1 is 1.17 bits per heavy atom. The number of hydrogen-bond acceptors (Lipinski definition) is 6. The average molecular weight is 478 g/mol. The second kappa shape index (κ2) is 9.40. The number of piperidine rings is 1. The first-order valence-electron chi connectivity index (χ1n) is 11.6. The molecule has 0 aliphatic carbocycles. The van der Waals surface area contributed by atoms with Gasteiger partial charge in [0.05, 0.1) is 11.6 Å². The van der Waals surface area contributed by atoms with Crippen LogP contribution in [0.3, 0.4) is 0 Å². The third kappa shape index (κ3) is 4.58. The lowest BCUT2D eigenvalue weighted by atomic mass is 9.89. The molecule has 1 N–H and O–H groups in total. The normalized spacial score (nSPS) is 18.1. The summed E-state index contributed by atoms with van der Waals surface area (Å²) in [7, 11) is 0. The summed E-state index contributed by atoms with van der Waals surface area (Å²) in [5, 5.41) is 3.23. The van der Waals surface area contributed by atoms with Crippen LogP contribution in [0.1, 0.15) is 35.7 Å². The van der Waals surface area contributed by atoms with Crippen LogP contribution in [-0.4, -0.2) is 44.9 Å². The molecule has 3 heterocycles. The van der Waals surface area contributed by atoms with E-state index in [0.29, 0.717) is 24.7 Å². The molecule has 1 saturated heterocycles. The second-order valence-electron chi connectivity index (χ2n) is 8.94. The number of nitrogens with one attached hydrogen (secondary N) is 1. The molecule has 1 aliphatic heterocycles. The number of anilines is 1. The lowest BCUT2D eigenvalue weighted by Gasteiger charge is -2.40. The Balaban J connectivity index is 1.43. The number of nitrogens with zero attached hydrogens (tertiary/aromatic N) is 4. The number of likely N-dealkylation sites (tertiary alicyclic amines) is 1. The number of benzene rings is 2. The minimum absolute atomic E-state index is 0.0338. The maximum absolute atomic E-state index is 14.3. The van der Waals surface area contributed by atoms with Crippen LogP contribution in [0.4, 0.5) is 14.8 Å². The summed E-state index contributed by atoms with van der Waals surface area (Å²) >= 11 is 0. The maximum atomic E-state index is 14.3. The molecule has 2 unspecified atom stereocenters. The Labute approximate surface area is 201 Å². The van der Waals surface area contributed by atoms with Gasteiger partial charge in [-0.1, -0.05) is 13.0 Å². The molecule has 5 rings (SSSR count). The van der Waals surface area contributed by atoms with Crippen molar-refractivity contribution in [3.63, 3.8) is 0 Å². The maximum Gasteiger partial charge on any atom is 0.295 e. The van der Waals surface area contributed by atoms with Crippen LogP contribution in [0.5, 0.6) is 0 Å². The van der Waals surface area contributed by atoms with E-state index in [0.717, 1.165) is 36.1 Å². The van der Waals surface area contributed by atoms with Crippen molar-refractivity contribution in [1.29, 1.82) is 0 Å². The van der Waals surface area contributed by atoms with Gasteiger partial charge in [0.25, 0.3) is 11.9 Å². The standard InChI is InChI=1S/C26H25F2N5O2/c1-15-6-7-21-23(11-15)35-26(32-21)31-14-22-16(2)5-3-10-33(22)25(34)18-13-20(28)19(27)12-17(18)24-29-8-4-9-30-24/h4,6-9,11-13,16,22H,3,5,10,14H2,1-2H3,(H,31,32). The summed E-state index contributed by atoms with van der Waals surface area (Å²) < 4.78 is 34.2. The molecule has 2 aromatic carbocycles. The van der Waals surface area contributed by atoms with E-state index in [1.165, 1.54) is 12.4 Å². The smallest absolute Gasteiger partial charge is 0.295 e. The number of fused-ring (bicyclic) bond motifs is 1. The van der Waals surface area contributed by atoms with Crippen molar-refractivity contribution in [1.82, 2.24) is 19.9 Å². The highest BCUT2D eigenvalue weighted by Gasteiger charge is 2.34. The Morgan fingerprint density at radius 2 is 1.94 bits per heavy atom. The van der Waals surface area contributed by atoms with Crippen LogP contribution in [0.2, 0.25) is 0 Å². The van der Waals surface area contributed by atoms with Crippen molar-refractivity contribution < 1.29 is 18.0 Å². The molecule has 35 heavy (non-hydrogen) atoms. The van der Waals surface area contributed by atoms with Gasteiger partial charge < -0.3 is 14.6 Å². The van der Waals surface area contributed by atoms with E-state index in [1.807, 2.05) is 25.1 Å². The zero-order valence-electron chi connectivity index (χ0n) is 19.5. The van der Waals surface area contributed by atoms with Crippen LogP contribution >= 0.6 is 0 Å². The molecule has 2 atom stereocenters. The van der Waals surface area contributed by atoms with Gasteiger partial charge in [0, 0.05) is 31.0 Å². The van der Waals surface area contributed by atoms with E-state index in [1.54, 1.807) is 11.0 Å². The number of aryl methyl sites for hydroxylation is 1. The van der Waals surface area contributed by atoms with E-state index in [4.69, 9.17) is 4.42 Å². The number of oxazole rings is 1. The van der Waals surface area contributed by atoms with E-state index >= 15 is 0 Å². The Bertz CT molecular complexity index is 1380. The van der Waals surface area contributed by atoms with Gasteiger partial charge in [-0.25, -0.2) is 18.7 Å². The van der Waals surface area contributed by atoms with Crippen molar-refractivity contribution in [2.45, 2.75) is 32.7 Å². The van der Waals surface area contributed by atoms with E-state index in [2.05, 4.69) is 27.2 Å². The predicted octanol–water partition coefficient (Wildman–Crippen LogP) is 5.22. The van der Waals surface area contributed by atoms with Gasteiger partial charge in [-0.05, 0) is 61.6 Å². The summed E-state index contributed by atoms with van der Waals surface area (Å²) in [6.45, 7) is 4.96. The van der Waals surface area contributed by atoms with Crippen LogP contribution in [0, 0.1) is 24.5 Å². The molecule has 1 amide bonds. The minimum atomic E-state index is -1.09. The number of amides is 1. The molecule has 0 bridgehead atoms. The molecule has 1 fully saturated rings. The molecule has 7 nitrogen and oxygen atoms in total. The lowest BCUT2D eigenvalue weighted by Crippen LogP contribution is -2.51. The van der Waals surface area contributed by atoms with E-state index < -0.39 is 17.5 Å². The van der Waals surface area contributed by atoms with Crippen LogP contribution < -0.4 is 5.32 Å². The topological polar surface area (TPSA) is 84.2 Å². The largest absolute Gasteiger partial charge is 0.424 e. The van der Waals surface area contributed by atoms with Gasteiger partial charge in [-0.2, -0.15) is 4.98 Å². The van der Waals surface area contributed by atoms with Crippen molar-refractivity contribution in [2.75, 3.05) is 18.4 Å². The van der Waals surface area contributed by atoms with E-state index in [-0.39, 0.29) is 28.9 Å². The molecule has 180 valence electrons. The first-order chi connectivity index (χ1) is 16.9. The first kappa shape index (κ1) is 22.9. The average Bonchev–Trinajstić information content (AvgIpc) is 3.26. The number of hydrogen-bond donors (Lipinski definition) is 1. The van der Waals surface area contributed by atoms with Crippen LogP contribution in [-0.2, 0) is 0 Å². The predicted molar refractivity (Wildman–Crippen MR) is 128 cm³/mol. The highest BCUT2D eigenvalue weighted by Crippen LogP contribution is 2.30. The molecular formula is C26H25F2N5O2. The van der Waals surface area contributed by atoms with E-state index in [9.17, 15) is 13.6 Å². The molecule has 0 radical (unpaired) electrons. The molecule has 1 aliphatic rings. The minimum Gasteiger partial charge on any atom is -0.424 e. The number of carbonyl (C=O) groups is 1. The highest BCUT2D eigenvalue weighted by molar-refractivity contribution is 6.00.